The number of ether oxygens (including phenoxy) is 1. The van der Waals surface area contributed by atoms with Crippen LogP contribution in [0.2, 0.25) is 0 Å². The summed E-state index contributed by atoms with van der Waals surface area (Å²) in [6.07, 6.45) is 3.76. The van der Waals surface area contributed by atoms with Crippen molar-refractivity contribution in [3.8, 4) is 0 Å². The Morgan fingerprint density at radius 1 is 1.33 bits per heavy atom. The lowest BCUT2D eigenvalue weighted by Gasteiger charge is -2.23. The minimum Gasteiger partial charge on any atom is -0.470 e. The van der Waals surface area contributed by atoms with Crippen molar-refractivity contribution in [2.45, 2.75) is 31.4 Å². The molecule has 0 saturated carbocycles. The van der Waals surface area contributed by atoms with Gasteiger partial charge in [-0.25, -0.2) is 4.99 Å². The van der Waals surface area contributed by atoms with Crippen molar-refractivity contribution < 1.29 is 4.74 Å². The minimum atomic E-state index is 0.0845. The molecule has 1 N–H and O–H groups in total. The fourth-order valence-electron chi connectivity index (χ4n) is 2.53. The van der Waals surface area contributed by atoms with Gasteiger partial charge in [-0.2, -0.15) is 0 Å². The second kappa shape index (κ2) is 5.41. The molecule has 1 saturated heterocycles. The SMILES string of the molecule is Brc1cccc(C2CN=C(C3CCCCN3)O2)c1. The normalized spacial score (nSPS) is 27.7. The molecule has 0 spiro atoms. The Morgan fingerprint density at radius 3 is 3.06 bits per heavy atom. The van der Waals surface area contributed by atoms with Crippen molar-refractivity contribution in [3.05, 3.63) is 34.3 Å². The van der Waals surface area contributed by atoms with Crippen LogP contribution in [0.1, 0.15) is 30.9 Å². The number of hydrogen-bond acceptors (Lipinski definition) is 3. The Morgan fingerprint density at radius 2 is 2.28 bits per heavy atom. The van der Waals surface area contributed by atoms with Gasteiger partial charge in [0.15, 0.2) is 0 Å². The Labute approximate surface area is 116 Å². The molecule has 1 aromatic carbocycles. The second-order valence-corrected chi connectivity index (χ2v) is 5.76. The molecule has 1 fully saturated rings. The summed E-state index contributed by atoms with van der Waals surface area (Å²) < 4.78 is 7.10. The lowest BCUT2D eigenvalue weighted by Crippen LogP contribution is -2.40. The number of hydrogen-bond donors (Lipinski definition) is 1. The van der Waals surface area contributed by atoms with Gasteiger partial charge >= 0.3 is 0 Å². The molecule has 4 heteroatoms. The number of aliphatic imine (C=N–C) groups is 1. The van der Waals surface area contributed by atoms with Crippen LogP contribution < -0.4 is 5.32 Å². The van der Waals surface area contributed by atoms with E-state index >= 15 is 0 Å². The van der Waals surface area contributed by atoms with Gasteiger partial charge in [0.2, 0.25) is 5.90 Å². The van der Waals surface area contributed by atoms with Crippen LogP contribution in [0.5, 0.6) is 0 Å². The highest BCUT2D eigenvalue weighted by Gasteiger charge is 2.28. The van der Waals surface area contributed by atoms with E-state index in [2.05, 4.69) is 38.4 Å². The number of nitrogens with zero attached hydrogens (tertiary/aromatic N) is 1. The zero-order chi connectivity index (χ0) is 12.4. The van der Waals surface area contributed by atoms with E-state index in [0.29, 0.717) is 6.04 Å². The van der Waals surface area contributed by atoms with Gasteiger partial charge in [0.05, 0.1) is 12.6 Å². The average Bonchev–Trinajstić information content (AvgIpc) is 2.89. The summed E-state index contributed by atoms with van der Waals surface area (Å²) in [4.78, 5) is 4.56. The maximum atomic E-state index is 6.01. The van der Waals surface area contributed by atoms with Crippen LogP contribution in [0.15, 0.2) is 33.7 Å². The summed E-state index contributed by atoms with van der Waals surface area (Å²) in [6, 6.07) is 8.61. The lowest BCUT2D eigenvalue weighted by molar-refractivity contribution is 0.213. The highest BCUT2D eigenvalue weighted by Crippen LogP contribution is 2.27. The molecule has 0 bridgehead atoms. The molecule has 0 aliphatic carbocycles. The van der Waals surface area contributed by atoms with E-state index in [9.17, 15) is 0 Å². The topological polar surface area (TPSA) is 33.6 Å². The molecule has 2 aliphatic heterocycles. The van der Waals surface area contributed by atoms with Gasteiger partial charge in [-0.1, -0.05) is 34.5 Å². The van der Waals surface area contributed by atoms with Crippen LogP contribution in [0, 0.1) is 0 Å². The van der Waals surface area contributed by atoms with Gasteiger partial charge in [-0.05, 0) is 37.1 Å². The van der Waals surface area contributed by atoms with Crippen LogP contribution in [0.3, 0.4) is 0 Å². The minimum absolute atomic E-state index is 0.0845. The molecule has 96 valence electrons. The molecule has 2 atom stereocenters. The van der Waals surface area contributed by atoms with Gasteiger partial charge in [-0.15, -0.1) is 0 Å². The first kappa shape index (κ1) is 12.2. The summed E-state index contributed by atoms with van der Waals surface area (Å²) in [5.41, 5.74) is 1.19. The lowest BCUT2D eigenvalue weighted by atomic mass is 10.1. The number of nitrogens with one attached hydrogen (secondary N) is 1. The molecule has 3 nitrogen and oxygen atoms in total. The summed E-state index contributed by atoms with van der Waals surface area (Å²) >= 11 is 3.50. The first-order chi connectivity index (χ1) is 8.83. The molecule has 0 aromatic heterocycles. The smallest absolute Gasteiger partial charge is 0.201 e. The van der Waals surface area contributed by atoms with E-state index in [1.54, 1.807) is 0 Å². The van der Waals surface area contributed by atoms with Crippen molar-refractivity contribution in [2.75, 3.05) is 13.1 Å². The van der Waals surface area contributed by atoms with Gasteiger partial charge in [0.25, 0.3) is 0 Å². The third kappa shape index (κ3) is 2.59. The summed E-state index contributed by atoms with van der Waals surface area (Å²) in [5, 5.41) is 3.48. The van der Waals surface area contributed by atoms with Crippen LogP contribution in [-0.2, 0) is 4.74 Å². The van der Waals surface area contributed by atoms with Crippen molar-refractivity contribution in [1.29, 1.82) is 0 Å². The molecule has 18 heavy (non-hydrogen) atoms. The highest BCUT2D eigenvalue weighted by molar-refractivity contribution is 9.10. The molecular formula is C14H17BrN2O. The van der Waals surface area contributed by atoms with Gasteiger partial charge in [-0.3, -0.25) is 0 Å². The number of halogens is 1. The number of benzene rings is 1. The molecule has 2 unspecified atom stereocenters. The summed E-state index contributed by atoms with van der Waals surface area (Å²) in [6.45, 7) is 1.82. The number of piperidine rings is 1. The van der Waals surface area contributed by atoms with Crippen LogP contribution in [0.25, 0.3) is 0 Å². The quantitative estimate of drug-likeness (QED) is 0.911. The fourth-order valence-corrected chi connectivity index (χ4v) is 2.95. The zero-order valence-corrected chi connectivity index (χ0v) is 11.8. The fraction of sp³-hybridized carbons (Fsp3) is 0.500. The van der Waals surface area contributed by atoms with Crippen LogP contribution in [-0.4, -0.2) is 25.0 Å². The average molecular weight is 309 g/mol. The van der Waals surface area contributed by atoms with Gasteiger partial charge < -0.3 is 10.1 Å². The van der Waals surface area contributed by atoms with Crippen LogP contribution >= 0.6 is 15.9 Å². The molecule has 2 heterocycles. The predicted octanol–water partition coefficient (Wildman–Crippen LogP) is 3.06. The van der Waals surface area contributed by atoms with E-state index in [0.717, 1.165) is 29.9 Å². The van der Waals surface area contributed by atoms with Gasteiger partial charge in [0, 0.05) is 4.47 Å². The highest BCUT2D eigenvalue weighted by atomic mass is 79.9. The van der Waals surface area contributed by atoms with E-state index in [1.807, 2.05) is 12.1 Å². The molecule has 3 rings (SSSR count). The Bertz CT molecular complexity index is 455. The van der Waals surface area contributed by atoms with Crippen LogP contribution in [0.4, 0.5) is 0 Å². The Hall–Kier alpha value is -0.870. The molecule has 0 radical (unpaired) electrons. The standard InChI is InChI=1S/C14H17BrN2O/c15-11-5-3-4-10(8-11)13-9-17-14(18-13)12-6-1-2-7-16-12/h3-5,8,12-13,16H,1-2,6-7,9H2. The Balaban J connectivity index is 1.66. The first-order valence-electron chi connectivity index (χ1n) is 6.53. The van der Waals surface area contributed by atoms with Gasteiger partial charge in [0.1, 0.15) is 6.10 Å². The van der Waals surface area contributed by atoms with Crippen molar-refractivity contribution in [2.24, 2.45) is 4.99 Å². The summed E-state index contributed by atoms with van der Waals surface area (Å²) in [5.74, 6) is 0.902. The molecule has 2 aliphatic rings. The van der Waals surface area contributed by atoms with Crippen molar-refractivity contribution in [1.82, 2.24) is 5.32 Å². The van der Waals surface area contributed by atoms with E-state index in [-0.39, 0.29) is 6.10 Å². The maximum Gasteiger partial charge on any atom is 0.201 e. The third-order valence-corrected chi connectivity index (χ3v) is 4.00. The van der Waals surface area contributed by atoms with Crippen molar-refractivity contribution in [3.63, 3.8) is 0 Å². The molecule has 0 amide bonds. The second-order valence-electron chi connectivity index (χ2n) is 4.84. The number of rotatable bonds is 2. The monoisotopic (exact) mass is 308 g/mol. The third-order valence-electron chi connectivity index (χ3n) is 3.50. The molecule has 1 aromatic rings. The predicted molar refractivity (Wildman–Crippen MR) is 75.9 cm³/mol. The van der Waals surface area contributed by atoms with E-state index in [4.69, 9.17) is 4.74 Å². The molecular weight excluding hydrogens is 292 g/mol. The summed E-state index contributed by atoms with van der Waals surface area (Å²) in [7, 11) is 0. The Kier molecular flexibility index (Phi) is 3.66. The maximum absolute atomic E-state index is 6.01. The van der Waals surface area contributed by atoms with Crippen molar-refractivity contribution >= 4 is 21.8 Å². The largest absolute Gasteiger partial charge is 0.470 e. The van der Waals surface area contributed by atoms with E-state index in [1.165, 1.54) is 18.4 Å². The first-order valence-corrected chi connectivity index (χ1v) is 7.32. The zero-order valence-electron chi connectivity index (χ0n) is 10.2. The van der Waals surface area contributed by atoms with E-state index < -0.39 is 0 Å².